The van der Waals surface area contributed by atoms with Crippen molar-refractivity contribution in [3.63, 3.8) is 0 Å². The van der Waals surface area contributed by atoms with Crippen molar-refractivity contribution in [3.05, 3.63) is 12.7 Å². The summed E-state index contributed by atoms with van der Waals surface area (Å²) >= 11 is 0. The third-order valence-electron chi connectivity index (χ3n) is 2.63. The Labute approximate surface area is 97.6 Å². The molecule has 90 valence electrons. The van der Waals surface area contributed by atoms with Crippen LogP contribution in [0.15, 0.2) is 17.6 Å². The highest BCUT2D eigenvalue weighted by atomic mass is 16.6. The number of amides is 1. The maximum Gasteiger partial charge on any atom is 0.433 e. The Kier molecular flexibility index (Phi) is 4.27. The number of aliphatic imine (C=N–C) groups is 1. The predicted molar refractivity (Wildman–Crippen MR) is 65.8 cm³/mol. The summed E-state index contributed by atoms with van der Waals surface area (Å²) in [5.74, 6) is 0.977. The predicted octanol–water partition coefficient (Wildman–Crippen LogP) is 3.59. The van der Waals surface area contributed by atoms with Crippen LogP contribution in [0.2, 0.25) is 0 Å². The fourth-order valence-electron chi connectivity index (χ4n) is 1.86. The molecule has 1 aliphatic carbocycles. The second-order valence-electron chi connectivity index (χ2n) is 5.33. The second kappa shape index (κ2) is 5.28. The molecule has 16 heavy (non-hydrogen) atoms. The lowest BCUT2D eigenvalue weighted by molar-refractivity contribution is 0.0604. The van der Waals surface area contributed by atoms with Gasteiger partial charge in [0.1, 0.15) is 5.60 Å². The fourth-order valence-corrected chi connectivity index (χ4v) is 1.86. The van der Waals surface area contributed by atoms with Gasteiger partial charge in [0.25, 0.3) is 0 Å². The van der Waals surface area contributed by atoms with E-state index in [0.717, 1.165) is 19.3 Å². The van der Waals surface area contributed by atoms with Crippen LogP contribution in [-0.4, -0.2) is 17.9 Å². The Morgan fingerprint density at radius 1 is 1.38 bits per heavy atom. The fraction of sp³-hybridized carbons (Fsp3) is 0.692. The molecule has 0 aromatic carbocycles. The lowest BCUT2D eigenvalue weighted by Gasteiger charge is -2.17. The van der Waals surface area contributed by atoms with E-state index in [1.165, 1.54) is 0 Å². The van der Waals surface area contributed by atoms with Crippen LogP contribution in [0.1, 0.15) is 40.0 Å². The van der Waals surface area contributed by atoms with Crippen molar-refractivity contribution < 1.29 is 9.53 Å². The minimum absolute atomic E-state index is 0.399. The van der Waals surface area contributed by atoms with Crippen molar-refractivity contribution in [3.8, 4) is 0 Å². The molecule has 0 radical (unpaired) electrons. The number of allylic oxidation sites excluding steroid dienone is 1. The topological polar surface area (TPSA) is 38.7 Å². The molecule has 0 unspecified atom stereocenters. The molecule has 0 aromatic rings. The third-order valence-corrected chi connectivity index (χ3v) is 2.63. The summed E-state index contributed by atoms with van der Waals surface area (Å²) in [5, 5.41) is 0. The van der Waals surface area contributed by atoms with Gasteiger partial charge in [-0.3, -0.25) is 0 Å². The average Bonchev–Trinajstić information content (AvgIpc) is 2.59. The van der Waals surface area contributed by atoms with Crippen LogP contribution in [0.5, 0.6) is 0 Å². The van der Waals surface area contributed by atoms with Crippen molar-refractivity contribution in [2.75, 3.05) is 0 Å². The van der Waals surface area contributed by atoms with E-state index in [2.05, 4.69) is 11.6 Å². The molecule has 0 bridgehead atoms. The molecular weight excluding hydrogens is 202 g/mol. The summed E-state index contributed by atoms with van der Waals surface area (Å²) in [5.41, 5.74) is -0.465. The summed E-state index contributed by atoms with van der Waals surface area (Å²) in [6.07, 6.45) is 6.51. The van der Waals surface area contributed by atoms with Crippen LogP contribution < -0.4 is 0 Å². The molecule has 3 nitrogen and oxygen atoms in total. The summed E-state index contributed by atoms with van der Waals surface area (Å²) < 4.78 is 5.09. The number of carbonyl (C=O) groups is 1. The summed E-state index contributed by atoms with van der Waals surface area (Å²) in [6, 6.07) is 0. The monoisotopic (exact) mass is 223 g/mol. The normalized spacial score (nSPS) is 25.9. The molecule has 1 amide bonds. The Morgan fingerprint density at radius 3 is 2.50 bits per heavy atom. The highest BCUT2D eigenvalue weighted by Gasteiger charge is 2.21. The van der Waals surface area contributed by atoms with Gasteiger partial charge < -0.3 is 4.74 Å². The van der Waals surface area contributed by atoms with Crippen LogP contribution in [-0.2, 0) is 4.74 Å². The lowest BCUT2D eigenvalue weighted by atomic mass is 10.1. The second-order valence-corrected chi connectivity index (χ2v) is 5.33. The van der Waals surface area contributed by atoms with Crippen LogP contribution in [0, 0.1) is 11.8 Å². The maximum atomic E-state index is 11.3. The van der Waals surface area contributed by atoms with E-state index in [1.807, 2.05) is 26.8 Å². The van der Waals surface area contributed by atoms with Gasteiger partial charge in [0.15, 0.2) is 0 Å². The van der Waals surface area contributed by atoms with Gasteiger partial charge in [-0.05, 0) is 51.9 Å². The molecule has 2 atom stereocenters. The highest BCUT2D eigenvalue weighted by Crippen LogP contribution is 2.30. The molecule has 0 heterocycles. The molecule has 0 aliphatic heterocycles. The van der Waals surface area contributed by atoms with Crippen LogP contribution in [0.4, 0.5) is 4.79 Å². The Morgan fingerprint density at radius 2 is 2.00 bits per heavy atom. The first-order valence-corrected chi connectivity index (χ1v) is 5.80. The zero-order chi connectivity index (χ0) is 12.2. The molecule has 1 fully saturated rings. The van der Waals surface area contributed by atoms with E-state index >= 15 is 0 Å². The lowest BCUT2D eigenvalue weighted by Crippen LogP contribution is -2.22. The van der Waals surface area contributed by atoms with Crippen molar-refractivity contribution in [1.82, 2.24) is 0 Å². The zero-order valence-corrected chi connectivity index (χ0v) is 10.4. The Hall–Kier alpha value is -1.12. The molecule has 1 saturated carbocycles. The summed E-state index contributed by atoms with van der Waals surface area (Å²) in [4.78, 5) is 15.2. The third kappa shape index (κ3) is 4.60. The van der Waals surface area contributed by atoms with E-state index < -0.39 is 11.7 Å². The van der Waals surface area contributed by atoms with Crippen LogP contribution >= 0.6 is 0 Å². The number of carbonyl (C=O) groups excluding carboxylic acids is 1. The van der Waals surface area contributed by atoms with Gasteiger partial charge in [0.2, 0.25) is 0 Å². The molecular formula is C13H21NO2. The summed E-state index contributed by atoms with van der Waals surface area (Å²) in [7, 11) is 0. The number of hydrogen-bond donors (Lipinski definition) is 0. The smallest absolute Gasteiger partial charge is 0.433 e. The van der Waals surface area contributed by atoms with E-state index in [4.69, 9.17) is 4.74 Å². The average molecular weight is 223 g/mol. The van der Waals surface area contributed by atoms with Gasteiger partial charge in [0.05, 0.1) is 0 Å². The molecule has 3 heteroatoms. The first-order valence-electron chi connectivity index (χ1n) is 5.80. The van der Waals surface area contributed by atoms with E-state index in [1.54, 1.807) is 6.21 Å². The Balaban J connectivity index is 2.37. The van der Waals surface area contributed by atoms with Crippen molar-refractivity contribution in [2.45, 2.75) is 45.6 Å². The van der Waals surface area contributed by atoms with E-state index in [-0.39, 0.29) is 0 Å². The molecule has 1 rings (SSSR count). The quantitative estimate of drug-likeness (QED) is 0.530. The molecule has 1 aliphatic rings. The van der Waals surface area contributed by atoms with Crippen LogP contribution in [0.3, 0.4) is 0 Å². The molecule has 0 saturated heterocycles. The first kappa shape index (κ1) is 12.9. The minimum atomic E-state index is -0.491. The Bertz CT molecular complexity index is 289. The van der Waals surface area contributed by atoms with Gasteiger partial charge >= 0.3 is 6.09 Å². The summed E-state index contributed by atoms with van der Waals surface area (Å²) in [6.45, 7) is 9.30. The highest BCUT2D eigenvalue weighted by molar-refractivity contribution is 5.80. The largest absolute Gasteiger partial charge is 0.442 e. The van der Waals surface area contributed by atoms with Gasteiger partial charge in [-0.1, -0.05) is 6.08 Å². The molecule has 0 aromatic heterocycles. The van der Waals surface area contributed by atoms with Crippen molar-refractivity contribution in [2.24, 2.45) is 16.8 Å². The first-order chi connectivity index (χ1) is 7.40. The number of rotatable bonds is 2. The van der Waals surface area contributed by atoms with Gasteiger partial charge in [-0.25, -0.2) is 4.79 Å². The number of hydrogen-bond acceptors (Lipinski definition) is 2. The number of nitrogens with zero attached hydrogens (tertiary/aromatic N) is 1. The SMILES string of the molecule is C=C[C@H]1CC[C@@H](/C=N\C(=O)OC(C)(C)C)C1. The van der Waals surface area contributed by atoms with Gasteiger partial charge in [0, 0.05) is 6.21 Å². The maximum absolute atomic E-state index is 11.3. The van der Waals surface area contributed by atoms with E-state index in [0.29, 0.717) is 11.8 Å². The van der Waals surface area contributed by atoms with Gasteiger partial charge in [-0.2, -0.15) is 4.99 Å². The van der Waals surface area contributed by atoms with Crippen molar-refractivity contribution >= 4 is 12.3 Å². The van der Waals surface area contributed by atoms with Crippen molar-refractivity contribution in [1.29, 1.82) is 0 Å². The van der Waals surface area contributed by atoms with E-state index in [9.17, 15) is 4.79 Å². The standard InChI is InChI=1S/C13H21NO2/c1-5-10-6-7-11(8-10)9-14-12(15)16-13(2,3)4/h5,9-11H,1,6-8H2,2-4H3/b14-9-/t10-,11+/m0/s1. The minimum Gasteiger partial charge on any atom is -0.442 e. The van der Waals surface area contributed by atoms with Gasteiger partial charge in [-0.15, -0.1) is 6.58 Å². The number of ether oxygens (including phenoxy) is 1. The molecule has 0 spiro atoms. The molecule has 0 N–H and O–H groups in total. The zero-order valence-electron chi connectivity index (χ0n) is 10.4. The van der Waals surface area contributed by atoms with Crippen LogP contribution in [0.25, 0.3) is 0 Å².